The number of piperidine rings is 1. The van der Waals surface area contributed by atoms with Gasteiger partial charge in [0, 0.05) is 30.4 Å². The maximum absolute atomic E-state index is 13.0. The fourth-order valence-corrected chi connectivity index (χ4v) is 5.31. The zero-order valence-corrected chi connectivity index (χ0v) is 19.2. The first-order valence-corrected chi connectivity index (χ1v) is 11.9. The van der Waals surface area contributed by atoms with Crippen molar-refractivity contribution in [1.29, 1.82) is 0 Å². The largest absolute Gasteiger partial charge is 0.452 e. The standard InChI is InChI=1S/C22H25N3O7S/c1-15-6-8-17(12-19(15)25(28)29)22(27)32-14-21(26)23-18-9-7-16(2)20(13-18)33(30,31)24-10-4-3-5-11-24/h6-9,12-13H,3-5,10-11,14H2,1-2H3,(H,23,26). The zero-order valence-electron chi connectivity index (χ0n) is 18.4. The molecule has 0 atom stereocenters. The van der Waals surface area contributed by atoms with Crippen molar-refractivity contribution in [3.05, 3.63) is 63.2 Å². The first-order valence-electron chi connectivity index (χ1n) is 10.4. The molecule has 1 N–H and O–H groups in total. The van der Waals surface area contributed by atoms with E-state index in [4.69, 9.17) is 4.74 Å². The summed E-state index contributed by atoms with van der Waals surface area (Å²) in [5, 5.41) is 13.6. The minimum absolute atomic E-state index is 0.0506. The molecular weight excluding hydrogens is 450 g/mol. The van der Waals surface area contributed by atoms with Crippen LogP contribution < -0.4 is 5.32 Å². The lowest BCUT2D eigenvalue weighted by molar-refractivity contribution is -0.385. The lowest BCUT2D eigenvalue weighted by Crippen LogP contribution is -2.36. The molecule has 0 aromatic heterocycles. The maximum Gasteiger partial charge on any atom is 0.338 e. The van der Waals surface area contributed by atoms with Crippen LogP contribution >= 0.6 is 0 Å². The molecule has 2 aromatic rings. The third-order valence-corrected chi connectivity index (χ3v) is 7.42. The smallest absolute Gasteiger partial charge is 0.338 e. The van der Waals surface area contributed by atoms with Crippen LogP contribution in [0.1, 0.15) is 40.7 Å². The van der Waals surface area contributed by atoms with Gasteiger partial charge in [-0.1, -0.05) is 18.6 Å². The van der Waals surface area contributed by atoms with E-state index in [1.807, 2.05) is 0 Å². The Balaban J connectivity index is 1.66. The van der Waals surface area contributed by atoms with E-state index in [0.717, 1.165) is 25.3 Å². The van der Waals surface area contributed by atoms with Crippen LogP contribution in [-0.2, 0) is 19.6 Å². The summed E-state index contributed by atoms with van der Waals surface area (Å²) in [4.78, 5) is 35.0. The summed E-state index contributed by atoms with van der Waals surface area (Å²) >= 11 is 0. The van der Waals surface area contributed by atoms with Gasteiger partial charge >= 0.3 is 5.97 Å². The molecule has 3 rings (SSSR count). The third kappa shape index (κ3) is 5.74. The van der Waals surface area contributed by atoms with Crippen molar-refractivity contribution in [2.24, 2.45) is 0 Å². The molecule has 2 aromatic carbocycles. The van der Waals surface area contributed by atoms with Crippen LogP contribution in [0.2, 0.25) is 0 Å². The Bertz CT molecular complexity index is 1190. The number of hydrogen-bond acceptors (Lipinski definition) is 7. The first kappa shape index (κ1) is 24.3. The number of nitrogens with one attached hydrogen (secondary N) is 1. The summed E-state index contributed by atoms with van der Waals surface area (Å²) in [6, 6.07) is 8.44. The average Bonchev–Trinajstić information content (AvgIpc) is 2.79. The van der Waals surface area contributed by atoms with Crippen molar-refractivity contribution >= 4 is 33.3 Å². The lowest BCUT2D eigenvalue weighted by atomic mass is 10.1. The van der Waals surface area contributed by atoms with Crippen molar-refractivity contribution in [1.82, 2.24) is 4.31 Å². The number of esters is 1. The van der Waals surface area contributed by atoms with Gasteiger partial charge in [0.25, 0.3) is 11.6 Å². The number of nitro groups is 1. The second kappa shape index (κ2) is 10.1. The van der Waals surface area contributed by atoms with Crippen LogP contribution in [0.5, 0.6) is 0 Å². The molecule has 176 valence electrons. The highest BCUT2D eigenvalue weighted by Crippen LogP contribution is 2.26. The highest BCUT2D eigenvalue weighted by Gasteiger charge is 2.27. The zero-order chi connectivity index (χ0) is 24.2. The van der Waals surface area contributed by atoms with Crippen molar-refractivity contribution in [3.8, 4) is 0 Å². The van der Waals surface area contributed by atoms with Gasteiger partial charge in [-0.05, 0) is 50.5 Å². The molecule has 1 fully saturated rings. The fourth-order valence-electron chi connectivity index (χ4n) is 3.54. The quantitative estimate of drug-likeness (QED) is 0.369. The molecule has 0 aliphatic carbocycles. The number of nitrogens with zero attached hydrogens (tertiary/aromatic N) is 2. The highest BCUT2D eigenvalue weighted by atomic mass is 32.2. The van der Waals surface area contributed by atoms with Crippen LogP contribution in [-0.4, -0.2) is 49.2 Å². The van der Waals surface area contributed by atoms with Crippen LogP contribution in [0.4, 0.5) is 11.4 Å². The Hall–Kier alpha value is -3.31. The predicted octanol–water partition coefficient (Wildman–Crippen LogP) is 3.18. The number of aryl methyl sites for hydroxylation is 2. The molecule has 0 unspecified atom stereocenters. The van der Waals surface area contributed by atoms with E-state index in [2.05, 4.69) is 5.32 Å². The minimum atomic E-state index is -3.69. The van der Waals surface area contributed by atoms with Crippen molar-refractivity contribution in [2.75, 3.05) is 25.0 Å². The fraction of sp³-hybridized carbons (Fsp3) is 0.364. The molecule has 0 saturated carbocycles. The molecule has 1 aliphatic heterocycles. The van der Waals surface area contributed by atoms with E-state index in [1.165, 1.54) is 22.5 Å². The molecule has 11 heteroatoms. The maximum atomic E-state index is 13.0. The Labute approximate surface area is 191 Å². The summed E-state index contributed by atoms with van der Waals surface area (Å²) in [7, 11) is -3.69. The number of anilines is 1. The van der Waals surface area contributed by atoms with Gasteiger partial charge in [0.05, 0.1) is 15.4 Å². The molecule has 1 saturated heterocycles. The number of amides is 1. The van der Waals surface area contributed by atoms with Gasteiger partial charge in [-0.2, -0.15) is 4.31 Å². The number of carbonyl (C=O) groups is 2. The van der Waals surface area contributed by atoms with E-state index >= 15 is 0 Å². The monoisotopic (exact) mass is 475 g/mol. The van der Waals surface area contributed by atoms with Crippen LogP contribution in [0.15, 0.2) is 41.3 Å². The number of sulfonamides is 1. The Morgan fingerprint density at radius 1 is 1.06 bits per heavy atom. The number of carbonyl (C=O) groups excluding carboxylic acids is 2. The van der Waals surface area contributed by atoms with Gasteiger partial charge in [0.2, 0.25) is 10.0 Å². The van der Waals surface area contributed by atoms with Gasteiger partial charge in [-0.25, -0.2) is 13.2 Å². The summed E-state index contributed by atoms with van der Waals surface area (Å²) in [6.45, 7) is 3.52. The average molecular weight is 476 g/mol. The predicted molar refractivity (Wildman–Crippen MR) is 121 cm³/mol. The topological polar surface area (TPSA) is 136 Å². The number of hydrogen-bond donors (Lipinski definition) is 1. The van der Waals surface area contributed by atoms with Gasteiger partial charge in [0.1, 0.15) is 0 Å². The van der Waals surface area contributed by atoms with Crippen LogP contribution in [0.3, 0.4) is 0 Å². The van der Waals surface area contributed by atoms with E-state index in [0.29, 0.717) is 24.2 Å². The Morgan fingerprint density at radius 3 is 2.39 bits per heavy atom. The Kier molecular flexibility index (Phi) is 7.44. The number of rotatable bonds is 7. The minimum Gasteiger partial charge on any atom is -0.452 e. The second-order valence-corrected chi connectivity index (χ2v) is 9.73. The third-order valence-electron chi connectivity index (χ3n) is 5.38. The summed E-state index contributed by atoms with van der Waals surface area (Å²) in [5.74, 6) is -1.55. The molecule has 0 radical (unpaired) electrons. The molecule has 1 aliphatic rings. The Morgan fingerprint density at radius 2 is 1.73 bits per heavy atom. The molecule has 1 heterocycles. The summed E-state index contributed by atoms with van der Waals surface area (Å²) in [5.41, 5.74) is 0.930. The molecule has 0 spiro atoms. The first-order chi connectivity index (χ1) is 15.6. The number of ether oxygens (including phenoxy) is 1. The number of benzene rings is 2. The summed E-state index contributed by atoms with van der Waals surface area (Å²) < 4.78 is 32.4. The van der Waals surface area contributed by atoms with Gasteiger partial charge in [-0.3, -0.25) is 14.9 Å². The highest BCUT2D eigenvalue weighted by molar-refractivity contribution is 7.89. The van der Waals surface area contributed by atoms with Gasteiger partial charge in [0.15, 0.2) is 6.61 Å². The molecule has 0 bridgehead atoms. The van der Waals surface area contributed by atoms with Crippen molar-refractivity contribution < 1.29 is 27.7 Å². The van der Waals surface area contributed by atoms with E-state index < -0.39 is 33.4 Å². The van der Waals surface area contributed by atoms with Gasteiger partial charge in [-0.15, -0.1) is 0 Å². The van der Waals surface area contributed by atoms with E-state index in [1.54, 1.807) is 26.0 Å². The van der Waals surface area contributed by atoms with E-state index in [-0.39, 0.29) is 21.8 Å². The molecule has 33 heavy (non-hydrogen) atoms. The lowest BCUT2D eigenvalue weighted by Gasteiger charge is -2.26. The number of nitro benzene ring substituents is 1. The SMILES string of the molecule is Cc1ccc(C(=O)OCC(=O)Nc2ccc(C)c(S(=O)(=O)N3CCCCC3)c2)cc1[N+](=O)[O-]. The molecular formula is C22H25N3O7S. The molecule has 1 amide bonds. The van der Waals surface area contributed by atoms with Crippen molar-refractivity contribution in [2.45, 2.75) is 38.0 Å². The second-order valence-electron chi connectivity index (χ2n) is 7.83. The van der Waals surface area contributed by atoms with Crippen molar-refractivity contribution in [3.63, 3.8) is 0 Å². The van der Waals surface area contributed by atoms with E-state index in [9.17, 15) is 28.1 Å². The van der Waals surface area contributed by atoms with Gasteiger partial charge < -0.3 is 10.1 Å². The normalized spacial score (nSPS) is 14.5. The van der Waals surface area contributed by atoms with Crippen LogP contribution in [0.25, 0.3) is 0 Å². The molecule has 10 nitrogen and oxygen atoms in total. The van der Waals surface area contributed by atoms with Crippen LogP contribution in [0, 0.1) is 24.0 Å². The summed E-state index contributed by atoms with van der Waals surface area (Å²) in [6.07, 6.45) is 2.62.